The minimum atomic E-state index is -0.540. The van der Waals surface area contributed by atoms with Crippen molar-refractivity contribution in [1.29, 1.82) is 0 Å². The van der Waals surface area contributed by atoms with E-state index in [1.54, 1.807) is 10.8 Å². The molecule has 0 fully saturated rings. The van der Waals surface area contributed by atoms with Crippen molar-refractivity contribution in [2.45, 2.75) is 37.4 Å². The number of halogens is 1. The molecule has 1 N–H and O–H groups in total. The zero-order chi connectivity index (χ0) is 28.1. The fraction of sp³-hybridized carbons (Fsp3) is 0.194. The predicted octanol–water partition coefficient (Wildman–Crippen LogP) is 7.13. The van der Waals surface area contributed by atoms with Crippen molar-refractivity contribution in [2.24, 2.45) is 0 Å². The molecule has 1 aromatic heterocycles. The van der Waals surface area contributed by atoms with Crippen molar-refractivity contribution in [3.63, 3.8) is 0 Å². The van der Waals surface area contributed by atoms with Gasteiger partial charge in [0, 0.05) is 16.5 Å². The van der Waals surface area contributed by atoms with Crippen LogP contribution in [0.15, 0.2) is 102 Å². The van der Waals surface area contributed by atoms with Gasteiger partial charge < -0.3 is 14.8 Å². The lowest BCUT2D eigenvalue weighted by atomic mass is 9.96. The number of hydrogen-bond donors (Lipinski definition) is 1. The number of anilines is 1. The van der Waals surface area contributed by atoms with E-state index in [-0.39, 0.29) is 6.61 Å². The van der Waals surface area contributed by atoms with Crippen LogP contribution in [0, 0.1) is 6.92 Å². The Morgan fingerprint density at radius 1 is 1.10 bits per heavy atom. The van der Waals surface area contributed by atoms with Gasteiger partial charge in [0.25, 0.3) is 0 Å². The van der Waals surface area contributed by atoms with Gasteiger partial charge in [-0.3, -0.25) is 0 Å². The Hall–Kier alpha value is -4.01. The summed E-state index contributed by atoms with van der Waals surface area (Å²) in [7, 11) is 0. The molecule has 1 aliphatic rings. The van der Waals surface area contributed by atoms with Crippen molar-refractivity contribution < 1.29 is 14.3 Å². The Balaban J connectivity index is 1.41. The Bertz CT molecular complexity index is 1550. The number of carbonyl (C=O) groups excluding carboxylic acids is 1. The van der Waals surface area contributed by atoms with Crippen molar-refractivity contribution in [3.8, 4) is 5.75 Å². The summed E-state index contributed by atoms with van der Waals surface area (Å²) in [5.74, 6) is 1.44. The number of fused-ring (bicyclic) bond motifs is 1. The molecule has 0 amide bonds. The molecule has 40 heavy (non-hydrogen) atoms. The molecule has 0 spiro atoms. The number of aromatic nitrogens is 3. The average molecular weight is 573 g/mol. The van der Waals surface area contributed by atoms with Crippen molar-refractivity contribution >= 4 is 35.3 Å². The first-order valence-corrected chi connectivity index (χ1v) is 14.2. The SMILES string of the molecule is C=CCOC(=O)C1=C(C)Nc2nc(SCc3ccccc3Cl)nn2C1c1ccc(OCc2ccc(C)cc2)cc1. The van der Waals surface area contributed by atoms with E-state index in [9.17, 15) is 4.79 Å². The second-order valence-electron chi connectivity index (χ2n) is 9.34. The third kappa shape index (κ3) is 6.24. The molecule has 0 saturated carbocycles. The van der Waals surface area contributed by atoms with Gasteiger partial charge in [0.1, 0.15) is 25.0 Å². The Morgan fingerprint density at radius 3 is 2.58 bits per heavy atom. The molecule has 5 rings (SSSR count). The van der Waals surface area contributed by atoms with E-state index in [1.807, 2.05) is 55.5 Å². The summed E-state index contributed by atoms with van der Waals surface area (Å²) in [6, 6.07) is 23.1. The number of benzene rings is 3. The van der Waals surface area contributed by atoms with Gasteiger partial charge in [-0.2, -0.15) is 4.98 Å². The third-order valence-electron chi connectivity index (χ3n) is 6.42. The number of aryl methyl sites for hydroxylation is 1. The number of thioether (sulfide) groups is 1. The summed E-state index contributed by atoms with van der Waals surface area (Å²) in [5.41, 5.74) is 5.25. The molecule has 0 radical (unpaired) electrons. The van der Waals surface area contributed by atoms with Crippen LogP contribution in [0.5, 0.6) is 5.75 Å². The molecule has 1 aliphatic heterocycles. The Labute approximate surface area is 242 Å². The van der Waals surface area contributed by atoms with E-state index < -0.39 is 12.0 Å². The zero-order valence-electron chi connectivity index (χ0n) is 22.3. The zero-order valence-corrected chi connectivity index (χ0v) is 23.8. The molecular formula is C31H29ClN4O3S. The van der Waals surface area contributed by atoms with Crippen LogP contribution in [0.3, 0.4) is 0 Å². The van der Waals surface area contributed by atoms with Gasteiger partial charge in [0.2, 0.25) is 11.1 Å². The number of carbonyl (C=O) groups is 1. The number of allylic oxidation sites excluding steroid dienone is 1. The molecule has 7 nitrogen and oxygen atoms in total. The van der Waals surface area contributed by atoms with E-state index in [1.165, 1.54) is 17.3 Å². The fourth-order valence-electron chi connectivity index (χ4n) is 4.33. The molecule has 1 unspecified atom stereocenters. The van der Waals surface area contributed by atoms with Crippen LogP contribution in [0.2, 0.25) is 5.02 Å². The van der Waals surface area contributed by atoms with Crippen LogP contribution < -0.4 is 10.1 Å². The highest BCUT2D eigenvalue weighted by Gasteiger charge is 2.35. The monoisotopic (exact) mass is 572 g/mol. The van der Waals surface area contributed by atoms with E-state index in [4.69, 9.17) is 31.2 Å². The molecule has 3 aromatic carbocycles. The van der Waals surface area contributed by atoms with Crippen LogP contribution >= 0.6 is 23.4 Å². The molecular weight excluding hydrogens is 544 g/mol. The lowest BCUT2D eigenvalue weighted by molar-refractivity contribution is -0.138. The standard InChI is InChI=1S/C31H29ClN4O3S/c1-4-17-38-29(37)27-21(3)33-30-34-31(40-19-24-7-5-6-8-26(24)32)35-36(30)28(27)23-13-15-25(16-14-23)39-18-22-11-9-20(2)10-12-22/h4-16,28H,1,17-19H2,2-3H3,(H,33,34,35). The number of rotatable bonds is 10. The van der Waals surface area contributed by atoms with Gasteiger partial charge in [-0.05, 0) is 48.7 Å². The highest BCUT2D eigenvalue weighted by Crippen LogP contribution is 2.38. The number of nitrogens with one attached hydrogen (secondary N) is 1. The van der Waals surface area contributed by atoms with Crippen LogP contribution in [0.25, 0.3) is 0 Å². The molecule has 4 aromatic rings. The first-order valence-electron chi connectivity index (χ1n) is 12.8. The van der Waals surface area contributed by atoms with E-state index in [2.05, 4.69) is 43.1 Å². The highest BCUT2D eigenvalue weighted by molar-refractivity contribution is 7.98. The van der Waals surface area contributed by atoms with Crippen LogP contribution in [-0.2, 0) is 21.9 Å². The first-order chi connectivity index (χ1) is 19.4. The van der Waals surface area contributed by atoms with E-state index in [0.717, 1.165) is 22.4 Å². The minimum Gasteiger partial charge on any atom is -0.489 e. The molecule has 0 aliphatic carbocycles. The van der Waals surface area contributed by atoms with Gasteiger partial charge in [-0.25, -0.2) is 9.48 Å². The molecule has 0 saturated heterocycles. The number of ether oxygens (including phenoxy) is 2. The lowest BCUT2D eigenvalue weighted by Crippen LogP contribution is -2.29. The second kappa shape index (κ2) is 12.4. The van der Waals surface area contributed by atoms with Crippen LogP contribution in [0.4, 0.5) is 5.95 Å². The minimum absolute atomic E-state index is 0.108. The lowest BCUT2D eigenvalue weighted by Gasteiger charge is -2.28. The van der Waals surface area contributed by atoms with Crippen molar-refractivity contribution in [2.75, 3.05) is 11.9 Å². The summed E-state index contributed by atoms with van der Waals surface area (Å²) < 4.78 is 13.2. The van der Waals surface area contributed by atoms with E-state index >= 15 is 0 Å². The number of esters is 1. The largest absolute Gasteiger partial charge is 0.489 e. The summed E-state index contributed by atoms with van der Waals surface area (Å²) in [4.78, 5) is 17.9. The van der Waals surface area contributed by atoms with Crippen LogP contribution in [0.1, 0.15) is 35.2 Å². The summed E-state index contributed by atoms with van der Waals surface area (Å²) in [5, 5.41) is 9.27. The third-order valence-corrected chi connectivity index (χ3v) is 7.68. The summed E-state index contributed by atoms with van der Waals surface area (Å²) in [6.07, 6.45) is 1.55. The van der Waals surface area contributed by atoms with Crippen molar-refractivity contribution in [3.05, 3.63) is 124 Å². The van der Waals surface area contributed by atoms with E-state index in [0.29, 0.717) is 39.8 Å². The maximum absolute atomic E-state index is 13.2. The molecule has 204 valence electrons. The highest BCUT2D eigenvalue weighted by atomic mass is 35.5. The molecule has 0 bridgehead atoms. The smallest absolute Gasteiger partial charge is 0.338 e. The van der Waals surface area contributed by atoms with Gasteiger partial charge in [0.15, 0.2) is 0 Å². The maximum Gasteiger partial charge on any atom is 0.338 e. The van der Waals surface area contributed by atoms with Crippen molar-refractivity contribution in [1.82, 2.24) is 14.8 Å². The quantitative estimate of drug-likeness (QED) is 0.123. The normalized spacial score (nSPS) is 14.3. The first kappa shape index (κ1) is 27.6. The van der Waals surface area contributed by atoms with Gasteiger partial charge >= 0.3 is 5.97 Å². The average Bonchev–Trinajstić information content (AvgIpc) is 3.37. The van der Waals surface area contributed by atoms with Crippen LogP contribution in [-0.4, -0.2) is 27.3 Å². The second-order valence-corrected chi connectivity index (χ2v) is 10.7. The van der Waals surface area contributed by atoms with Gasteiger partial charge in [-0.15, -0.1) is 5.10 Å². The Kier molecular flexibility index (Phi) is 8.57. The number of hydrogen-bond acceptors (Lipinski definition) is 7. The summed E-state index contributed by atoms with van der Waals surface area (Å²) >= 11 is 7.81. The fourth-order valence-corrected chi connectivity index (χ4v) is 5.45. The topological polar surface area (TPSA) is 78.3 Å². The van der Waals surface area contributed by atoms with Gasteiger partial charge in [-0.1, -0.05) is 96.2 Å². The van der Waals surface area contributed by atoms with Gasteiger partial charge in [0.05, 0.1) is 5.57 Å². The molecule has 1 atom stereocenters. The maximum atomic E-state index is 13.2. The predicted molar refractivity (Wildman–Crippen MR) is 159 cm³/mol. The molecule has 9 heteroatoms. The Morgan fingerprint density at radius 2 is 1.85 bits per heavy atom. The molecule has 2 heterocycles. The number of nitrogens with zero attached hydrogens (tertiary/aromatic N) is 3. The summed E-state index contributed by atoms with van der Waals surface area (Å²) in [6.45, 7) is 8.12.